The molecule has 0 radical (unpaired) electrons. The smallest absolute Gasteiger partial charge is 0.133 e. The van der Waals surface area contributed by atoms with Crippen LogP contribution >= 0.6 is 0 Å². The highest BCUT2D eigenvalue weighted by Gasteiger charge is 2.11. The van der Waals surface area contributed by atoms with Gasteiger partial charge in [0.2, 0.25) is 0 Å². The fourth-order valence-corrected chi connectivity index (χ4v) is 2.22. The number of rotatable bonds is 6. The fourth-order valence-electron chi connectivity index (χ4n) is 2.22. The van der Waals surface area contributed by atoms with Crippen molar-refractivity contribution in [3.63, 3.8) is 0 Å². The maximum atomic E-state index is 5.45. The Labute approximate surface area is 120 Å². The molecule has 1 atom stereocenters. The molecule has 0 aliphatic heterocycles. The van der Waals surface area contributed by atoms with Crippen LogP contribution in [0, 0.1) is 6.92 Å². The maximum absolute atomic E-state index is 5.45. The molecule has 2 rings (SSSR count). The Hall–Kier alpha value is -1.88. The van der Waals surface area contributed by atoms with E-state index in [9.17, 15) is 0 Å². The van der Waals surface area contributed by atoms with Crippen LogP contribution in [0.1, 0.15) is 29.9 Å². The molecule has 0 bridgehead atoms. The summed E-state index contributed by atoms with van der Waals surface area (Å²) in [6.45, 7) is 5.06. The third kappa shape index (κ3) is 3.36. The van der Waals surface area contributed by atoms with E-state index in [4.69, 9.17) is 4.74 Å². The molecule has 0 fully saturated rings. The van der Waals surface area contributed by atoms with Crippen LogP contribution in [-0.4, -0.2) is 28.4 Å². The van der Waals surface area contributed by atoms with Gasteiger partial charge in [0.15, 0.2) is 0 Å². The minimum Gasteiger partial charge on any atom is -0.496 e. The van der Waals surface area contributed by atoms with Gasteiger partial charge in [-0.25, -0.2) is 0 Å². The van der Waals surface area contributed by atoms with Crippen molar-refractivity contribution >= 4 is 0 Å². The molecular weight excluding hydrogens is 252 g/mol. The molecule has 0 saturated heterocycles. The molecule has 1 heterocycles. The van der Waals surface area contributed by atoms with Crippen molar-refractivity contribution < 1.29 is 4.74 Å². The number of benzene rings is 1. The minimum absolute atomic E-state index is 0.235. The molecule has 5 heteroatoms. The van der Waals surface area contributed by atoms with Crippen LogP contribution in [0.25, 0.3) is 0 Å². The molecule has 1 unspecified atom stereocenters. The van der Waals surface area contributed by atoms with E-state index >= 15 is 0 Å². The zero-order valence-electron chi connectivity index (χ0n) is 12.6. The number of hydrogen-bond acceptors (Lipinski definition) is 4. The lowest BCUT2D eigenvalue weighted by Gasteiger charge is -2.17. The van der Waals surface area contributed by atoms with E-state index < -0.39 is 0 Å². The number of nitrogens with one attached hydrogen (secondary N) is 1. The van der Waals surface area contributed by atoms with E-state index in [0.29, 0.717) is 0 Å². The predicted molar refractivity (Wildman–Crippen MR) is 78.9 cm³/mol. The lowest BCUT2D eigenvalue weighted by atomic mass is 10.0. The van der Waals surface area contributed by atoms with Crippen molar-refractivity contribution in [2.24, 2.45) is 7.05 Å². The monoisotopic (exact) mass is 274 g/mol. The van der Waals surface area contributed by atoms with Crippen molar-refractivity contribution in [2.45, 2.75) is 26.3 Å². The van der Waals surface area contributed by atoms with Crippen molar-refractivity contribution in [1.82, 2.24) is 20.1 Å². The summed E-state index contributed by atoms with van der Waals surface area (Å²) in [6, 6.07) is 6.53. The van der Waals surface area contributed by atoms with Gasteiger partial charge in [-0.05, 0) is 25.5 Å². The summed E-state index contributed by atoms with van der Waals surface area (Å²) in [5.41, 5.74) is 2.38. The first kappa shape index (κ1) is 14.5. The molecule has 0 aliphatic rings. The highest BCUT2D eigenvalue weighted by molar-refractivity contribution is 5.39. The first-order valence-electron chi connectivity index (χ1n) is 6.82. The number of ether oxygens (including phenoxy) is 1. The number of nitrogens with zero attached hydrogens (tertiary/aromatic N) is 3. The summed E-state index contributed by atoms with van der Waals surface area (Å²) in [7, 11) is 3.67. The molecule has 5 nitrogen and oxygen atoms in total. The van der Waals surface area contributed by atoms with E-state index in [1.807, 2.05) is 11.6 Å². The van der Waals surface area contributed by atoms with Crippen LogP contribution < -0.4 is 10.1 Å². The Morgan fingerprint density at radius 2 is 2.20 bits per heavy atom. The second-order valence-electron chi connectivity index (χ2n) is 5.03. The van der Waals surface area contributed by atoms with Crippen LogP contribution in [0.15, 0.2) is 24.5 Å². The standard InChI is InChI=1S/C15H22N4O/c1-11-5-6-13(14(9-11)20-4)12(2)16-8-7-15-18-17-10-19(15)3/h5-6,9-10,12,16H,7-8H2,1-4H3. The van der Waals surface area contributed by atoms with E-state index in [1.165, 1.54) is 11.1 Å². The van der Waals surface area contributed by atoms with Gasteiger partial charge < -0.3 is 14.6 Å². The average molecular weight is 274 g/mol. The average Bonchev–Trinajstić information content (AvgIpc) is 2.84. The van der Waals surface area contributed by atoms with Gasteiger partial charge in [-0.1, -0.05) is 12.1 Å². The normalized spacial score (nSPS) is 12.4. The maximum Gasteiger partial charge on any atom is 0.133 e. The lowest BCUT2D eigenvalue weighted by Crippen LogP contribution is -2.22. The van der Waals surface area contributed by atoms with Crippen LogP contribution in [0.5, 0.6) is 5.75 Å². The Balaban J connectivity index is 1.95. The van der Waals surface area contributed by atoms with E-state index in [-0.39, 0.29) is 6.04 Å². The first-order valence-corrected chi connectivity index (χ1v) is 6.82. The second kappa shape index (κ2) is 6.52. The summed E-state index contributed by atoms with van der Waals surface area (Å²) in [6.07, 6.45) is 2.58. The summed E-state index contributed by atoms with van der Waals surface area (Å²) in [4.78, 5) is 0. The van der Waals surface area contributed by atoms with Crippen LogP contribution in [-0.2, 0) is 13.5 Å². The summed E-state index contributed by atoms with van der Waals surface area (Å²) in [5, 5.41) is 11.5. The SMILES string of the molecule is COc1cc(C)ccc1C(C)NCCc1nncn1C. The molecule has 0 aliphatic carbocycles. The van der Waals surface area contributed by atoms with Gasteiger partial charge in [0.1, 0.15) is 17.9 Å². The topological polar surface area (TPSA) is 52.0 Å². The van der Waals surface area contributed by atoms with E-state index in [2.05, 4.69) is 47.6 Å². The van der Waals surface area contributed by atoms with Crippen LogP contribution in [0.3, 0.4) is 0 Å². The zero-order valence-corrected chi connectivity index (χ0v) is 12.6. The summed E-state index contributed by atoms with van der Waals surface area (Å²) in [5.74, 6) is 1.92. The fraction of sp³-hybridized carbons (Fsp3) is 0.467. The molecule has 20 heavy (non-hydrogen) atoms. The molecule has 1 aromatic heterocycles. The van der Waals surface area contributed by atoms with Crippen molar-refractivity contribution in [1.29, 1.82) is 0 Å². The van der Waals surface area contributed by atoms with Gasteiger partial charge in [0.25, 0.3) is 0 Å². The molecule has 0 spiro atoms. The highest BCUT2D eigenvalue weighted by atomic mass is 16.5. The number of hydrogen-bond donors (Lipinski definition) is 1. The number of aryl methyl sites for hydroxylation is 2. The van der Waals surface area contributed by atoms with Crippen molar-refractivity contribution in [3.8, 4) is 5.75 Å². The Kier molecular flexibility index (Phi) is 4.74. The van der Waals surface area contributed by atoms with Crippen molar-refractivity contribution in [3.05, 3.63) is 41.5 Å². The van der Waals surface area contributed by atoms with Gasteiger partial charge in [0, 0.05) is 31.6 Å². The second-order valence-corrected chi connectivity index (χ2v) is 5.03. The Bertz CT molecular complexity index is 565. The van der Waals surface area contributed by atoms with Crippen LogP contribution in [0.2, 0.25) is 0 Å². The minimum atomic E-state index is 0.235. The Morgan fingerprint density at radius 1 is 1.40 bits per heavy atom. The number of methoxy groups -OCH3 is 1. The quantitative estimate of drug-likeness (QED) is 0.875. The largest absolute Gasteiger partial charge is 0.496 e. The van der Waals surface area contributed by atoms with Crippen molar-refractivity contribution in [2.75, 3.05) is 13.7 Å². The summed E-state index contributed by atoms with van der Waals surface area (Å²) >= 11 is 0. The zero-order chi connectivity index (χ0) is 14.5. The summed E-state index contributed by atoms with van der Waals surface area (Å²) < 4.78 is 7.40. The van der Waals surface area contributed by atoms with Gasteiger partial charge in [-0.15, -0.1) is 10.2 Å². The molecule has 108 valence electrons. The predicted octanol–water partition coefficient (Wildman–Crippen LogP) is 2.03. The molecule has 1 N–H and O–H groups in total. The highest BCUT2D eigenvalue weighted by Crippen LogP contribution is 2.25. The van der Waals surface area contributed by atoms with E-state index in [0.717, 1.165) is 24.5 Å². The lowest BCUT2D eigenvalue weighted by molar-refractivity contribution is 0.401. The van der Waals surface area contributed by atoms with Gasteiger partial charge in [-0.3, -0.25) is 0 Å². The third-order valence-corrected chi connectivity index (χ3v) is 3.46. The van der Waals surface area contributed by atoms with Crippen LogP contribution in [0.4, 0.5) is 0 Å². The number of aromatic nitrogens is 3. The molecule has 0 saturated carbocycles. The first-order chi connectivity index (χ1) is 9.61. The molecule has 0 amide bonds. The molecule has 1 aromatic carbocycles. The molecule has 2 aromatic rings. The van der Waals surface area contributed by atoms with Gasteiger partial charge in [-0.2, -0.15) is 0 Å². The third-order valence-electron chi connectivity index (χ3n) is 3.46. The Morgan fingerprint density at radius 3 is 2.85 bits per heavy atom. The van der Waals surface area contributed by atoms with E-state index in [1.54, 1.807) is 13.4 Å². The van der Waals surface area contributed by atoms with Gasteiger partial charge >= 0.3 is 0 Å². The van der Waals surface area contributed by atoms with Gasteiger partial charge in [0.05, 0.1) is 7.11 Å². The molecular formula is C15H22N4O.